The van der Waals surface area contributed by atoms with Gasteiger partial charge in [0.05, 0.1) is 6.42 Å². The van der Waals surface area contributed by atoms with Crippen LogP contribution in [-0.4, -0.2) is 23.7 Å². The summed E-state index contributed by atoms with van der Waals surface area (Å²) in [7, 11) is 0. The minimum Gasteiger partial charge on any atom is -0.489 e. The van der Waals surface area contributed by atoms with E-state index in [0.717, 1.165) is 53.1 Å². The Labute approximate surface area is 188 Å². The molecule has 32 heavy (non-hydrogen) atoms. The average molecular weight is 434 g/mol. The van der Waals surface area contributed by atoms with Crippen LogP contribution >= 0.6 is 0 Å². The third kappa shape index (κ3) is 4.93. The maximum Gasteiger partial charge on any atom is 0.305 e. The molecule has 1 fully saturated rings. The normalized spacial score (nSPS) is 15.7. The largest absolute Gasteiger partial charge is 0.489 e. The number of hydrogen-bond donors (Lipinski definition) is 1. The van der Waals surface area contributed by atoms with Gasteiger partial charge < -0.3 is 14.7 Å². The number of carbonyl (C=O) groups is 1. The molecule has 5 heteroatoms. The Morgan fingerprint density at radius 3 is 2.56 bits per heavy atom. The zero-order valence-corrected chi connectivity index (χ0v) is 18.5. The Kier molecular flexibility index (Phi) is 6.45. The van der Waals surface area contributed by atoms with Crippen molar-refractivity contribution < 1.29 is 19.0 Å². The minimum absolute atomic E-state index is 0.0546. The molecule has 0 aliphatic carbocycles. The lowest BCUT2D eigenvalue weighted by Crippen LogP contribution is -2.31. The Hall–Kier alpha value is -3.34. The fraction of sp³-hybridized carbons (Fsp3) is 0.296. The molecule has 166 valence electrons. The van der Waals surface area contributed by atoms with Gasteiger partial charge in [-0.25, -0.2) is 4.39 Å². The predicted molar refractivity (Wildman–Crippen MR) is 125 cm³/mol. The van der Waals surface area contributed by atoms with Gasteiger partial charge in [-0.1, -0.05) is 29.8 Å². The molecule has 1 heterocycles. The van der Waals surface area contributed by atoms with Crippen LogP contribution in [0.25, 0.3) is 11.1 Å². The number of ether oxygens (including phenoxy) is 1. The molecule has 0 saturated carbocycles. The molecule has 4 nitrogen and oxygen atoms in total. The first kappa shape index (κ1) is 21.9. The fourth-order valence-corrected chi connectivity index (χ4v) is 4.45. The van der Waals surface area contributed by atoms with Crippen molar-refractivity contribution >= 4 is 11.7 Å². The van der Waals surface area contributed by atoms with E-state index >= 15 is 0 Å². The molecular weight excluding hydrogens is 405 g/mol. The maximum absolute atomic E-state index is 14.3. The second kappa shape index (κ2) is 9.43. The molecule has 3 aromatic rings. The van der Waals surface area contributed by atoms with E-state index in [4.69, 9.17) is 9.84 Å². The zero-order chi connectivity index (χ0) is 22.7. The zero-order valence-electron chi connectivity index (χ0n) is 18.5. The molecule has 1 aliphatic heterocycles. The van der Waals surface area contributed by atoms with Gasteiger partial charge in [0.25, 0.3) is 0 Å². The lowest BCUT2D eigenvalue weighted by Gasteiger charge is -2.25. The summed E-state index contributed by atoms with van der Waals surface area (Å²) in [6.45, 7) is 5.24. The van der Waals surface area contributed by atoms with Crippen molar-refractivity contribution in [1.82, 2.24) is 0 Å². The highest BCUT2D eigenvalue weighted by atomic mass is 19.1. The summed E-state index contributed by atoms with van der Waals surface area (Å²) in [5.41, 5.74) is 5.59. The summed E-state index contributed by atoms with van der Waals surface area (Å²) in [5, 5.41) is 9.12. The van der Waals surface area contributed by atoms with Crippen molar-refractivity contribution in [1.29, 1.82) is 0 Å². The number of nitrogens with zero attached hydrogens (tertiary/aromatic N) is 1. The van der Waals surface area contributed by atoms with Crippen LogP contribution in [0.4, 0.5) is 10.1 Å². The number of halogens is 1. The van der Waals surface area contributed by atoms with E-state index < -0.39 is 5.97 Å². The lowest BCUT2D eigenvalue weighted by atomic mass is 9.97. The molecule has 1 N–H and O–H groups in total. The summed E-state index contributed by atoms with van der Waals surface area (Å²) in [6, 6.07) is 19.0. The molecule has 1 unspecified atom stereocenters. The molecular formula is C27H28FNO3. The number of aryl methyl sites for hydroxylation is 2. The Morgan fingerprint density at radius 2 is 1.84 bits per heavy atom. The van der Waals surface area contributed by atoms with Gasteiger partial charge in [-0.15, -0.1) is 0 Å². The number of carboxylic acid groups (broad SMARTS) is 1. The molecule has 0 amide bonds. The SMILES string of the molecule is Cc1ccc(F)c(-c2ccc(COc3ccc(N4CCCC4CC(=O)O)cc3)cc2C)c1. The quantitative estimate of drug-likeness (QED) is 0.487. The first-order valence-electron chi connectivity index (χ1n) is 11.0. The van der Waals surface area contributed by atoms with Crippen LogP contribution in [0.2, 0.25) is 0 Å². The number of carboxylic acids is 1. The van der Waals surface area contributed by atoms with E-state index in [-0.39, 0.29) is 18.3 Å². The van der Waals surface area contributed by atoms with E-state index in [2.05, 4.69) is 4.90 Å². The third-order valence-electron chi connectivity index (χ3n) is 6.06. The highest BCUT2D eigenvalue weighted by Gasteiger charge is 2.26. The molecule has 0 spiro atoms. The molecule has 0 aromatic heterocycles. The van der Waals surface area contributed by atoms with E-state index in [1.807, 2.05) is 62.4 Å². The van der Waals surface area contributed by atoms with Gasteiger partial charge in [0.15, 0.2) is 0 Å². The van der Waals surface area contributed by atoms with Crippen LogP contribution in [0, 0.1) is 19.7 Å². The molecule has 1 aliphatic rings. The van der Waals surface area contributed by atoms with Crippen molar-refractivity contribution in [3.05, 3.63) is 83.2 Å². The Balaban J connectivity index is 1.41. The van der Waals surface area contributed by atoms with Crippen molar-refractivity contribution in [2.75, 3.05) is 11.4 Å². The summed E-state index contributed by atoms with van der Waals surface area (Å²) < 4.78 is 20.2. The van der Waals surface area contributed by atoms with Gasteiger partial charge >= 0.3 is 5.97 Å². The van der Waals surface area contributed by atoms with Gasteiger partial charge in [-0.3, -0.25) is 4.79 Å². The van der Waals surface area contributed by atoms with Gasteiger partial charge in [0.2, 0.25) is 0 Å². The Bertz CT molecular complexity index is 1110. The van der Waals surface area contributed by atoms with Crippen molar-refractivity contribution in [3.63, 3.8) is 0 Å². The first-order chi connectivity index (χ1) is 15.4. The number of benzene rings is 3. The summed E-state index contributed by atoms with van der Waals surface area (Å²) >= 11 is 0. The third-order valence-corrected chi connectivity index (χ3v) is 6.06. The summed E-state index contributed by atoms with van der Waals surface area (Å²) in [4.78, 5) is 13.3. The van der Waals surface area contributed by atoms with Crippen LogP contribution in [0.15, 0.2) is 60.7 Å². The van der Waals surface area contributed by atoms with E-state index in [1.54, 1.807) is 6.07 Å². The van der Waals surface area contributed by atoms with Crippen LogP contribution in [0.1, 0.15) is 36.0 Å². The second-order valence-electron chi connectivity index (χ2n) is 8.50. The number of rotatable bonds is 7. The van der Waals surface area contributed by atoms with Gasteiger partial charge in [-0.05, 0) is 79.8 Å². The second-order valence-corrected chi connectivity index (χ2v) is 8.50. The molecule has 1 saturated heterocycles. The van der Waals surface area contributed by atoms with E-state index in [0.29, 0.717) is 12.2 Å². The first-order valence-corrected chi connectivity index (χ1v) is 11.0. The van der Waals surface area contributed by atoms with Crippen LogP contribution in [-0.2, 0) is 11.4 Å². The fourth-order valence-electron chi connectivity index (χ4n) is 4.45. The molecule has 3 aromatic carbocycles. The Morgan fingerprint density at radius 1 is 1.06 bits per heavy atom. The highest BCUT2D eigenvalue weighted by molar-refractivity contribution is 5.69. The van der Waals surface area contributed by atoms with Crippen LogP contribution in [0.3, 0.4) is 0 Å². The average Bonchev–Trinajstić information content (AvgIpc) is 3.22. The monoisotopic (exact) mass is 433 g/mol. The molecule has 4 rings (SSSR count). The summed E-state index contributed by atoms with van der Waals surface area (Å²) in [6.07, 6.45) is 2.09. The standard InChI is InChI=1S/C27H28FNO3/c1-18-5-12-26(28)25(14-18)24-11-6-20(15-19(24)2)17-32-23-9-7-21(8-10-23)29-13-3-4-22(29)16-27(30)31/h5-12,14-15,22H,3-4,13,16-17H2,1-2H3,(H,30,31). The number of anilines is 1. The van der Waals surface area contributed by atoms with Crippen molar-refractivity contribution in [3.8, 4) is 16.9 Å². The van der Waals surface area contributed by atoms with Crippen LogP contribution < -0.4 is 9.64 Å². The highest BCUT2D eigenvalue weighted by Crippen LogP contribution is 2.30. The van der Waals surface area contributed by atoms with Gasteiger partial charge in [0, 0.05) is 23.8 Å². The molecule has 0 bridgehead atoms. The number of hydrogen-bond acceptors (Lipinski definition) is 3. The van der Waals surface area contributed by atoms with E-state index in [1.165, 1.54) is 6.07 Å². The lowest BCUT2D eigenvalue weighted by molar-refractivity contribution is -0.137. The summed E-state index contributed by atoms with van der Waals surface area (Å²) in [5.74, 6) is -0.214. The van der Waals surface area contributed by atoms with Crippen molar-refractivity contribution in [2.45, 2.75) is 45.8 Å². The molecule has 0 radical (unpaired) electrons. The van der Waals surface area contributed by atoms with Gasteiger partial charge in [0.1, 0.15) is 18.2 Å². The van der Waals surface area contributed by atoms with Crippen molar-refractivity contribution in [2.24, 2.45) is 0 Å². The van der Waals surface area contributed by atoms with E-state index in [9.17, 15) is 9.18 Å². The minimum atomic E-state index is -0.756. The topological polar surface area (TPSA) is 49.8 Å². The predicted octanol–water partition coefficient (Wildman–Crippen LogP) is 6.13. The maximum atomic E-state index is 14.3. The van der Waals surface area contributed by atoms with Crippen LogP contribution in [0.5, 0.6) is 5.75 Å². The number of aliphatic carboxylic acids is 1. The smallest absolute Gasteiger partial charge is 0.305 e. The van der Waals surface area contributed by atoms with Gasteiger partial charge in [-0.2, -0.15) is 0 Å². The molecule has 1 atom stereocenters.